The van der Waals surface area contributed by atoms with E-state index in [9.17, 15) is 0 Å². The highest BCUT2D eigenvalue weighted by molar-refractivity contribution is 5.88. The Hall–Kier alpha value is -3.53. The zero-order chi connectivity index (χ0) is 31.6. The van der Waals surface area contributed by atoms with Crippen LogP contribution in [0.3, 0.4) is 0 Å². The summed E-state index contributed by atoms with van der Waals surface area (Å²) in [5.74, 6) is -0.0420. The molecule has 0 amide bonds. The van der Waals surface area contributed by atoms with E-state index in [1.54, 1.807) is 0 Å². The molecular weight excluding hydrogens is 536 g/mol. The average Bonchev–Trinajstić information content (AvgIpc) is 3.06. The van der Waals surface area contributed by atoms with E-state index in [1.807, 2.05) is 0 Å². The fraction of sp³-hybridized carbons (Fsp3) is 0.390. The summed E-state index contributed by atoms with van der Waals surface area (Å²) in [4.78, 5) is 20.3. The van der Waals surface area contributed by atoms with Crippen LogP contribution in [-0.4, -0.2) is 56.9 Å². The highest BCUT2D eigenvalue weighted by Gasteiger charge is 2.51. The van der Waals surface area contributed by atoms with E-state index in [0.29, 0.717) is 5.78 Å². The van der Waals surface area contributed by atoms with Crippen molar-refractivity contribution < 1.29 is 4.79 Å². The maximum atomic E-state index is 15.8. The van der Waals surface area contributed by atoms with Crippen molar-refractivity contribution in [3.05, 3.63) is 144 Å². The fourth-order valence-electron chi connectivity index (χ4n) is 7.63. The van der Waals surface area contributed by atoms with Crippen LogP contribution in [0.4, 0.5) is 0 Å². The van der Waals surface area contributed by atoms with Gasteiger partial charge in [-0.05, 0) is 89.2 Å². The molecule has 0 N–H and O–H groups in total. The molecule has 0 radical (unpaired) electrons. The summed E-state index contributed by atoms with van der Waals surface area (Å²) in [5.41, 5.74) is 3.96. The van der Waals surface area contributed by atoms with Crippen molar-refractivity contribution in [1.29, 1.82) is 0 Å². The SMILES string of the molecule is CCC(C(=O)C(CC)C(CCN(C)C)(c1ccccc1)c1ccccc1)C(CCN(C)C)(c1ccccc1)c1ccccc1. The first-order chi connectivity index (χ1) is 21.3. The quantitative estimate of drug-likeness (QED) is 0.131. The Balaban J connectivity index is 2.01. The van der Waals surface area contributed by atoms with Gasteiger partial charge in [-0.25, -0.2) is 0 Å². The van der Waals surface area contributed by atoms with Gasteiger partial charge in [-0.3, -0.25) is 4.79 Å². The zero-order valence-corrected chi connectivity index (χ0v) is 27.7. The summed E-state index contributed by atoms with van der Waals surface area (Å²) in [6.45, 7) is 6.21. The number of ketones is 1. The van der Waals surface area contributed by atoms with Gasteiger partial charge in [0.25, 0.3) is 0 Å². The van der Waals surface area contributed by atoms with Gasteiger partial charge in [-0.1, -0.05) is 135 Å². The average molecular weight is 589 g/mol. The van der Waals surface area contributed by atoms with Gasteiger partial charge >= 0.3 is 0 Å². The largest absolute Gasteiger partial charge is 0.309 e. The van der Waals surface area contributed by atoms with Crippen LogP contribution in [0.5, 0.6) is 0 Å². The van der Waals surface area contributed by atoms with Crippen LogP contribution in [0.2, 0.25) is 0 Å². The number of carbonyl (C=O) groups is 1. The third kappa shape index (κ3) is 6.90. The van der Waals surface area contributed by atoms with Crippen molar-refractivity contribution in [3.8, 4) is 0 Å². The first-order valence-electron chi connectivity index (χ1n) is 16.4. The summed E-state index contributed by atoms with van der Waals surface area (Å²) in [6, 6.07) is 43.3. The zero-order valence-electron chi connectivity index (χ0n) is 27.7. The Morgan fingerprint density at radius 2 is 0.750 bits per heavy atom. The molecule has 0 bridgehead atoms. The number of hydrogen-bond acceptors (Lipinski definition) is 3. The van der Waals surface area contributed by atoms with Gasteiger partial charge in [0.1, 0.15) is 5.78 Å². The molecule has 0 aliphatic carbocycles. The normalized spacial score (nSPS) is 13.6. The first kappa shape index (κ1) is 33.4. The minimum atomic E-state index is -0.466. The van der Waals surface area contributed by atoms with Gasteiger partial charge in [-0.15, -0.1) is 0 Å². The number of carbonyl (C=O) groups excluding carboxylic acids is 1. The van der Waals surface area contributed by atoms with E-state index in [1.165, 1.54) is 22.3 Å². The molecule has 0 saturated carbocycles. The molecule has 232 valence electrons. The van der Waals surface area contributed by atoms with Gasteiger partial charge in [-0.2, -0.15) is 0 Å². The molecule has 0 aromatic heterocycles. The summed E-state index contributed by atoms with van der Waals surface area (Å²) in [7, 11) is 8.54. The van der Waals surface area contributed by atoms with E-state index in [0.717, 1.165) is 38.8 Å². The van der Waals surface area contributed by atoms with Gasteiger partial charge < -0.3 is 9.80 Å². The molecule has 3 heteroatoms. The predicted octanol–water partition coefficient (Wildman–Crippen LogP) is 8.48. The van der Waals surface area contributed by atoms with Crippen molar-refractivity contribution in [2.24, 2.45) is 11.8 Å². The van der Waals surface area contributed by atoms with Gasteiger partial charge in [0.2, 0.25) is 0 Å². The number of benzene rings is 4. The minimum Gasteiger partial charge on any atom is -0.309 e. The Bertz CT molecular complexity index is 1210. The maximum absolute atomic E-state index is 15.8. The molecule has 2 unspecified atom stereocenters. The van der Waals surface area contributed by atoms with Crippen LogP contribution < -0.4 is 0 Å². The van der Waals surface area contributed by atoms with E-state index >= 15 is 4.79 Å². The Kier molecular flexibility index (Phi) is 11.7. The summed E-state index contributed by atoms with van der Waals surface area (Å²) < 4.78 is 0. The van der Waals surface area contributed by atoms with Crippen molar-refractivity contribution in [2.45, 2.75) is 50.4 Å². The monoisotopic (exact) mass is 588 g/mol. The Morgan fingerprint density at radius 1 is 0.500 bits per heavy atom. The highest BCUT2D eigenvalue weighted by Crippen LogP contribution is 2.51. The molecule has 0 fully saturated rings. The standard InChI is InChI=1S/C41H52N2O/c1-7-37(40(29-31-42(3)4,33-21-13-9-14-22-33)34-23-15-10-16-24-34)39(44)38(8-2)41(30-32-43(5)6,35-25-17-11-18-26-35)36-27-19-12-20-28-36/h9-28,37-38H,7-8,29-32H2,1-6H3. The summed E-state index contributed by atoms with van der Waals surface area (Å²) in [6.07, 6.45) is 3.24. The number of rotatable bonds is 16. The maximum Gasteiger partial charge on any atom is 0.141 e. The molecule has 0 aliphatic rings. The van der Waals surface area contributed by atoms with E-state index in [2.05, 4.69) is 173 Å². The fourth-order valence-corrected chi connectivity index (χ4v) is 7.63. The molecular formula is C41H52N2O. The molecule has 0 aliphatic heterocycles. The third-order valence-electron chi connectivity index (χ3n) is 9.76. The van der Waals surface area contributed by atoms with Crippen LogP contribution in [0.15, 0.2) is 121 Å². The lowest BCUT2D eigenvalue weighted by molar-refractivity contribution is -0.131. The van der Waals surface area contributed by atoms with E-state index in [4.69, 9.17) is 0 Å². The molecule has 3 nitrogen and oxygen atoms in total. The predicted molar refractivity (Wildman–Crippen MR) is 186 cm³/mol. The Morgan fingerprint density at radius 3 is 0.955 bits per heavy atom. The first-order valence-corrected chi connectivity index (χ1v) is 16.4. The topological polar surface area (TPSA) is 23.6 Å². The number of hydrogen-bond donors (Lipinski definition) is 0. The second-order valence-corrected chi connectivity index (χ2v) is 12.8. The second kappa shape index (κ2) is 15.5. The van der Waals surface area contributed by atoms with E-state index < -0.39 is 10.8 Å². The molecule has 2 atom stereocenters. The van der Waals surface area contributed by atoms with Crippen molar-refractivity contribution in [3.63, 3.8) is 0 Å². The van der Waals surface area contributed by atoms with Crippen molar-refractivity contribution in [1.82, 2.24) is 9.80 Å². The van der Waals surface area contributed by atoms with Crippen LogP contribution in [0, 0.1) is 11.8 Å². The third-order valence-corrected chi connectivity index (χ3v) is 9.76. The van der Waals surface area contributed by atoms with Gasteiger partial charge in [0, 0.05) is 22.7 Å². The summed E-state index contributed by atoms with van der Waals surface area (Å²) >= 11 is 0. The lowest BCUT2D eigenvalue weighted by Crippen LogP contribution is -2.50. The lowest BCUT2D eigenvalue weighted by atomic mass is 9.55. The lowest BCUT2D eigenvalue weighted by Gasteiger charge is -2.47. The molecule has 0 saturated heterocycles. The van der Waals surface area contributed by atoms with Crippen LogP contribution >= 0.6 is 0 Å². The van der Waals surface area contributed by atoms with Crippen molar-refractivity contribution >= 4 is 5.78 Å². The molecule has 0 spiro atoms. The summed E-state index contributed by atoms with van der Waals surface area (Å²) in [5, 5.41) is 0. The van der Waals surface area contributed by atoms with E-state index in [-0.39, 0.29) is 11.8 Å². The Labute approximate surface area is 266 Å². The van der Waals surface area contributed by atoms with Crippen LogP contribution in [0.25, 0.3) is 0 Å². The smallest absolute Gasteiger partial charge is 0.141 e. The van der Waals surface area contributed by atoms with Gasteiger partial charge in [0.15, 0.2) is 0 Å². The second-order valence-electron chi connectivity index (χ2n) is 12.8. The highest BCUT2D eigenvalue weighted by atomic mass is 16.1. The van der Waals surface area contributed by atoms with Gasteiger partial charge in [0.05, 0.1) is 0 Å². The molecule has 0 heterocycles. The molecule has 4 rings (SSSR count). The van der Waals surface area contributed by atoms with Crippen LogP contribution in [0.1, 0.15) is 61.8 Å². The molecule has 44 heavy (non-hydrogen) atoms. The molecule has 4 aromatic rings. The van der Waals surface area contributed by atoms with Crippen molar-refractivity contribution in [2.75, 3.05) is 41.3 Å². The number of nitrogens with zero attached hydrogens (tertiary/aromatic N) is 2. The molecule has 4 aromatic carbocycles. The minimum absolute atomic E-state index is 0.205. The number of Topliss-reactive ketones (excluding diaryl/α,β-unsaturated/α-hetero) is 1. The van der Waals surface area contributed by atoms with Crippen LogP contribution in [-0.2, 0) is 15.6 Å².